The van der Waals surface area contributed by atoms with Gasteiger partial charge in [0.15, 0.2) is 0 Å². The Morgan fingerprint density at radius 1 is 0.529 bits per heavy atom. The van der Waals surface area contributed by atoms with Crippen LogP contribution in [0.4, 0.5) is 0 Å². The molecule has 0 aliphatic heterocycles. The van der Waals surface area contributed by atoms with Crippen LogP contribution in [0.3, 0.4) is 0 Å². The fraction of sp³-hybridized carbons (Fsp3) is 0.132. The number of amidine groups is 2. The molecule has 30 nitrogen and oxygen atoms in total. The second-order valence-electron chi connectivity index (χ2n) is 17.9. The van der Waals surface area contributed by atoms with Crippen molar-refractivity contribution < 1.29 is 88.3 Å². The van der Waals surface area contributed by atoms with E-state index >= 15 is 0 Å². The van der Waals surface area contributed by atoms with Crippen LogP contribution in [0.2, 0.25) is 0 Å². The van der Waals surface area contributed by atoms with Gasteiger partial charge in [-0.05, 0) is 108 Å². The number of aromatic amines is 2. The van der Waals surface area contributed by atoms with Crippen molar-refractivity contribution in [3.8, 4) is 68.0 Å². The number of nitrogens with one attached hydrogen (secondary N) is 6. The van der Waals surface area contributed by atoms with Gasteiger partial charge in [0, 0.05) is 43.2 Å². The van der Waals surface area contributed by atoms with Crippen LogP contribution >= 0.6 is 24.1 Å². The van der Waals surface area contributed by atoms with Crippen LogP contribution in [0.15, 0.2) is 107 Å². The number of aromatic nitrogens is 4. The molecule has 8 rings (SSSR count). The third-order valence-corrected chi connectivity index (χ3v) is 13.2. The highest BCUT2D eigenvalue weighted by atomic mass is 32.2. The number of hydrogen-bond acceptors (Lipinski definition) is 22. The van der Waals surface area contributed by atoms with Crippen LogP contribution in [0.5, 0.6) is 23.0 Å². The summed E-state index contributed by atoms with van der Waals surface area (Å²) < 4.78 is 9.32. The summed E-state index contributed by atoms with van der Waals surface area (Å²) in [5.41, 5.74) is 15.2. The third kappa shape index (κ3) is 16.0. The van der Waals surface area contributed by atoms with Crippen LogP contribution in [0.25, 0.3) is 67.1 Å². The molecular weight excluding hydrogens is 1160 g/mol. The normalized spacial score (nSPS) is 11.6. The molecule has 0 spiro atoms. The van der Waals surface area contributed by atoms with Gasteiger partial charge in [0.2, 0.25) is 11.8 Å². The Hall–Kier alpha value is -10.3. The van der Waals surface area contributed by atoms with Gasteiger partial charge in [-0.15, -0.1) is 18.6 Å². The number of phenolic OH excluding ortho intramolecular Hbond substituents is 4. The van der Waals surface area contributed by atoms with E-state index in [0.29, 0.717) is 43.0 Å². The monoisotopic (exact) mass is 1210 g/mol. The number of carbonyl (C=O) groups is 6. The zero-order chi connectivity index (χ0) is 61.1. The summed E-state index contributed by atoms with van der Waals surface area (Å²) in [4.78, 5) is 94.7. The number of phenols is 4. The molecule has 85 heavy (non-hydrogen) atoms. The molecule has 444 valence electrons. The molecule has 0 fully saturated rings. The smallest absolute Gasteiger partial charge is 0.326 e. The van der Waals surface area contributed by atoms with Gasteiger partial charge >= 0.3 is 23.9 Å². The largest absolute Gasteiger partial charge is 0.507 e. The van der Waals surface area contributed by atoms with Crippen molar-refractivity contribution in [1.82, 2.24) is 30.6 Å². The molecule has 2 aromatic heterocycles. The number of imidazole rings is 2. The van der Waals surface area contributed by atoms with Gasteiger partial charge in [-0.3, -0.25) is 30.0 Å². The maximum absolute atomic E-state index is 12.8. The first-order chi connectivity index (χ1) is 39.9. The first-order valence-corrected chi connectivity index (χ1v) is 25.4. The fourth-order valence-corrected chi connectivity index (χ4v) is 9.08. The molecule has 0 saturated carbocycles. The highest BCUT2D eigenvalue weighted by molar-refractivity contribution is 7.94. The number of aliphatic carboxylic acids is 4. The molecule has 2 heterocycles. The van der Waals surface area contributed by atoms with Crippen molar-refractivity contribution in [2.45, 2.75) is 55.0 Å². The van der Waals surface area contributed by atoms with Crippen molar-refractivity contribution in [3.05, 3.63) is 119 Å². The molecule has 32 heteroatoms. The van der Waals surface area contributed by atoms with Gasteiger partial charge < -0.3 is 72.9 Å². The summed E-state index contributed by atoms with van der Waals surface area (Å²) in [6, 6.07) is 20.6. The topological polar surface area (TPSA) is 534 Å². The predicted molar refractivity (Wildman–Crippen MR) is 305 cm³/mol. The Morgan fingerprint density at radius 2 is 0.894 bits per heavy atom. The van der Waals surface area contributed by atoms with Crippen molar-refractivity contribution in [3.63, 3.8) is 0 Å². The van der Waals surface area contributed by atoms with Gasteiger partial charge in [0.05, 0.1) is 83.0 Å². The maximum Gasteiger partial charge on any atom is 0.326 e. The Balaban J connectivity index is 0.000000269. The van der Waals surface area contributed by atoms with E-state index in [1.807, 2.05) is 0 Å². The quantitative estimate of drug-likeness (QED) is 0.0129. The van der Waals surface area contributed by atoms with Crippen LogP contribution in [-0.4, -0.2) is 120 Å². The number of rotatable bonds is 24. The van der Waals surface area contributed by atoms with Crippen molar-refractivity contribution in [2.24, 2.45) is 23.3 Å². The van der Waals surface area contributed by atoms with Crippen molar-refractivity contribution in [2.75, 3.05) is 0 Å². The van der Waals surface area contributed by atoms with E-state index in [0.717, 1.165) is 24.1 Å². The number of carbonyl (C=O) groups excluding carboxylic acids is 2. The van der Waals surface area contributed by atoms with Gasteiger partial charge in [0.25, 0.3) is 0 Å². The van der Waals surface area contributed by atoms with E-state index in [1.54, 1.807) is 36.4 Å². The molecule has 0 bridgehead atoms. The number of nitrogens with two attached hydrogens (primary N) is 4. The van der Waals surface area contributed by atoms with Crippen LogP contribution < -0.4 is 33.9 Å². The van der Waals surface area contributed by atoms with Crippen LogP contribution in [-0.2, 0) is 60.3 Å². The highest BCUT2D eigenvalue weighted by Gasteiger charge is 2.27. The minimum Gasteiger partial charge on any atom is -0.507 e. The lowest BCUT2D eigenvalue weighted by Crippen LogP contribution is -2.42. The predicted octanol–water partition coefficient (Wildman–Crippen LogP) is 4.65. The standard InChI is InChI=1S/2C26H24N6O9S.CH4/c2*27-24(28)12-1-3-17-18(8-12)32-25(31-17)16-6-11(7-21(34)30-19(26(38)39)10-22(35)36)5-15(23(16)37)14-9-13(42-41-40-29)2-4-20(14)33;/h2*1-6,8-9,19,33,37H,7,10,29H2,(H3,27,28)(H,30,34)(H,31,32)(H,35,36)(H,38,39);1H4/t2*19-;/m10./s1. The number of H-pyrrole nitrogens is 2. The molecule has 0 unspecified atom stereocenters. The summed E-state index contributed by atoms with van der Waals surface area (Å²) in [6.07, 6.45) is -2.50. The molecule has 0 aliphatic carbocycles. The summed E-state index contributed by atoms with van der Waals surface area (Å²) in [7, 11) is 0. The number of nitrogens with zero attached hydrogens (tertiary/aromatic N) is 2. The molecular formula is C53H52N12O18S2. The summed E-state index contributed by atoms with van der Waals surface area (Å²) in [6.45, 7) is 0. The Kier molecular flexibility index (Phi) is 21.1. The summed E-state index contributed by atoms with van der Waals surface area (Å²) >= 11 is 1.45. The lowest BCUT2D eigenvalue weighted by Gasteiger charge is -2.16. The van der Waals surface area contributed by atoms with E-state index in [4.69, 9.17) is 44.3 Å². The Morgan fingerprint density at radius 3 is 1.22 bits per heavy atom. The summed E-state index contributed by atoms with van der Waals surface area (Å²) in [5, 5.41) is 100. The maximum atomic E-state index is 12.8. The SMILES string of the molecule is C.N=C(N)c1ccc2nc(-c3cc(CC(=O)N[C@@H](CC(=O)O)C(=O)O)cc(-c4cc(SOON)ccc4O)c3O)[nH]c2c1.N=C(N)c1ccc2nc(-c3cc(CC(=O)N[C@H](CC(=O)O)C(=O)O)cc(-c4cc(SOON)ccc4O)c3O)[nH]c2c1. The second kappa shape index (κ2) is 28.1. The van der Waals surface area contributed by atoms with Gasteiger partial charge in [0.1, 0.15) is 58.4 Å². The van der Waals surface area contributed by atoms with Crippen molar-refractivity contribution in [1.29, 1.82) is 10.8 Å². The average molecular weight is 1210 g/mol. The Labute approximate surface area is 486 Å². The van der Waals surface area contributed by atoms with Gasteiger partial charge in [-0.1, -0.05) is 7.43 Å². The zero-order valence-corrected chi connectivity index (χ0v) is 44.5. The van der Waals surface area contributed by atoms with E-state index in [1.165, 1.54) is 60.7 Å². The molecule has 8 aromatic rings. The van der Waals surface area contributed by atoms with E-state index in [9.17, 15) is 59.4 Å². The molecule has 0 saturated heterocycles. The number of amides is 2. The fourth-order valence-electron chi connectivity index (χ4n) is 8.27. The minimum atomic E-state index is -1.67. The number of carboxylic acids is 4. The zero-order valence-electron chi connectivity index (χ0n) is 42.9. The lowest BCUT2D eigenvalue weighted by atomic mass is 9.95. The average Bonchev–Trinajstić information content (AvgIpc) is 3.85. The van der Waals surface area contributed by atoms with Crippen LogP contribution in [0.1, 0.15) is 42.5 Å². The molecule has 22 N–H and O–H groups in total. The molecule has 2 amide bonds. The Bertz CT molecular complexity index is 3660. The molecule has 0 radical (unpaired) electrons. The molecule has 0 aliphatic rings. The van der Waals surface area contributed by atoms with Gasteiger partial charge in [-0.25, -0.2) is 19.6 Å². The third-order valence-electron chi connectivity index (χ3n) is 12.0. The van der Waals surface area contributed by atoms with Crippen molar-refractivity contribution >= 4 is 93.5 Å². The number of nitrogen functional groups attached to an aromatic ring is 2. The number of fused-ring (bicyclic) bond motifs is 2. The number of hydrogen-bond donors (Lipinski definition) is 18. The highest BCUT2D eigenvalue weighted by Crippen LogP contribution is 2.45. The number of aromatic hydroxyl groups is 4. The first-order valence-electron chi connectivity index (χ1n) is 23.9. The van der Waals surface area contributed by atoms with Crippen LogP contribution in [0, 0.1) is 10.8 Å². The molecule has 6 aromatic carbocycles. The molecule has 2 atom stereocenters. The first kappa shape index (κ1) is 63.9. The lowest BCUT2D eigenvalue weighted by molar-refractivity contribution is -0.195. The number of benzene rings is 6. The summed E-state index contributed by atoms with van der Waals surface area (Å²) in [5.74, 6) is 1.23. The van der Waals surface area contributed by atoms with E-state index in [2.05, 4.69) is 49.2 Å². The van der Waals surface area contributed by atoms with E-state index < -0.39 is 73.5 Å². The second-order valence-corrected chi connectivity index (χ2v) is 19.4. The van der Waals surface area contributed by atoms with E-state index in [-0.39, 0.29) is 98.3 Å². The minimum absolute atomic E-state index is 0. The number of carboxylic acid groups (broad SMARTS) is 4. The van der Waals surface area contributed by atoms with Gasteiger partial charge in [-0.2, -0.15) is 11.8 Å².